The summed E-state index contributed by atoms with van der Waals surface area (Å²) < 4.78 is 5.04. The Morgan fingerprint density at radius 1 is 1.89 bits per heavy atom. The summed E-state index contributed by atoms with van der Waals surface area (Å²) in [6, 6.07) is 2.05. The maximum absolute atomic E-state index is 8.39. The van der Waals surface area contributed by atoms with Crippen molar-refractivity contribution in [2.75, 3.05) is 20.2 Å². The molecule has 0 N–H and O–H groups in total. The smallest absolute Gasteiger partial charge is 0.156 e. The lowest BCUT2D eigenvalue weighted by atomic mass is 10.3. The highest BCUT2D eigenvalue weighted by Gasteiger charge is 2.16. The van der Waals surface area contributed by atoms with E-state index in [2.05, 4.69) is 6.07 Å². The van der Waals surface area contributed by atoms with E-state index in [1.165, 1.54) is 0 Å². The highest BCUT2D eigenvalue weighted by molar-refractivity contribution is 4.90. The van der Waals surface area contributed by atoms with Gasteiger partial charge in [0.05, 0.1) is 19.2 Å². The van der Waals surface area contributed by atoms with E-state index in [-0.39, 0.29) is 6.10 Å². The van der Waals surface area contributed by atoms with Gasteiger partial charge in [-0.15, -0.1) is 0 Å². The molecule has 1 aliphatic rings. The standard InChI is InChI=1S/C6H9N2O/c1-8-2-3-9-6(4-7)5-8/h2,6H,3,5H2,1H3. The van der Waals surface area contributed by atoms with Gasteiger partial charge in [-0.1, -0.05) is 0 Å². The first-order valence-corrected chi connectivity index (χ1v) is 2.87. The number of likely N-dealkylation sites (N-methyl/N-ethyl adjacent to an activating group) is 1. The van der Waals surface area contributed by atoms with Crippen molar-refractivity contribution in [1.82, 2.24) is 4.90 Å². The second-order valence-electron chi connectivity index (χ2n) is 2.07. The molecule has 0 aromatic carbocycles. The van der Waals surface area contributed by atoms with Gasteiger partial charge in [0.1, 0.15) is 0 Å². The largest absolute Gasteiger partial charge is 0.360 e. The first kappa shape index (κ1) is 6.53. The predicted molar refractivity (Wildman–Crippen MR) is 32.3 cm³/mol. The fourth-order valence-electron chi connectivity index (χ4n) is 0.753. The van der Waals surface area contributed by atoms with Gasteiger partial charge >= 0.3 is 0 Å². The first-order chi connectivity index (χ1) is 4.33. The minimum absolute atomic E-state index is 0.236. The van der Waals surface area contributed by atoms with E-state index in [4.69, 9.17) is 10.00 Å². The van der Waals surface area contributed by atoms with Crippen molar-refractivity contribution in [1.29, 1.82) is 5.26 Å². The van der Waals surface area contributed by atoms with Gasteiger partial charge in [-0.3, -0.25) is 4.90 Å². The summed E-state index contributed by atoms with van der Waals surface area (Å²) >= 11 is 0. The maximum Gasteiger partial charge on any atom is 0.156 e. The number of nitriles is 1. The number of nitrogens with zero attached hydrogens (tertiary/aromatic N) is 2. The van der Waals surface area contributed by atoms with Crippen molar-refractivity contribution < 1.29 is 4.74 Å². The third-order valence-electron chi connectivity index (χ3n) is 1.28. The van der Waals surface area contributed by atoms with Crippen molar-refractivity contribution >= 4 is 0 Å². The molecule has 3 heteroatoms. The molecular formula is C6H9N2O. The van der Waals surface area contributed by atoms with Gasteiger partial charge in [0.25, 0.3) is 0 Å². The third kappa shape index (κ3) is 1.67. The third-order valence-corrected chi connectivity index (χ3v) is 1.28. The van der Waals surface area contributed by atoms with E-state index >= 15 is 0 Å². The summed E-state index contributed by atoms with van der Waals surface area (Å²) in [6.07, 6.45) is -0.236. The second kappa shape index (κ2) is 2.81. The molecule has 0 bridgehead atoms. The Morgan fingerprint density at radius 3 is 3.11 bits per heavy atom. The van der Waals surface area contributed by atoms with Crippen LogP contribution >= 0.6 is 0 Å². The van der Waals surface area contributed by atoms with Crippen LogP contribution < -0.4 is 0 Å². The van der Waals surface area contributed by atoms with Crippen LogP contribution in [-0.2, 0) is 4.74 Å². The van der Waals surface area contributed by atoms with E-state index in [9.17, 15) is 0 Å². The predicted octanol–water partition coefficient (Wildman–Crippen LogP) is 0.00237. The van der Waals surface area contributed by atoms with E-state index in [1.807, 2.05) is 18.5 Å². The quantitative estimate of drug-likeness (QED) is 0.457. The fourth-order valence-corrected chi connectivity index (χ4v) is 0.753. The van der Waals surface area contributed by atoms with Crippen LogP contribution in [0.1, 0.15) is 0 Å². The van der Waals surface area contributed by atoms with Crippen LogP contribution in [-0.4, -0.2) is 31.2 Å². The number of morpholine rings is 1. The van der Waals surface area contributed by atoms with Crippen LogP contribution in [0.3, 0.4) is 0 Å². The summed E-state index contributed by atoms with van der Waals surface area (Å²) in [4.78, 5) is 1.97. The van der Waals surface area contributed by atoms with Crippen molar-refractivity contribution in [2.24, 2.45) is 0 Å². The van der Waals surface area contributed by atoms with Crippen LogP contribution in [0.5, 0.6) is 0 Å². The number of ether oxygens (including phenoxy) is 1. The van der Waals surface area contributed by atoms with Crippen LogP contribution in [0.2, 0.25) is 0 Å². The van der Waals surface area contributed by atoms with Gasteiger partial charge in [0, 0.05) is 6.54 Å². The molecule has 9 heavy (non-hydrogen) atoms. The van der Waals surface area contributed by atoms with Gasteiger partial charge in [-0.25, -0.2) is 0 Å². The lowest BCUT2D eigenvalue weighted by Gasteiger charge is -2.24. The average molecular weight is 125 g/mol. The van der Waals surface area contributed by atoms with Gasteiger partial charge in [-0.2, -0.15) is 5.26 Å². The fraction of sp³-hybridized carbons (Fsp3) is 0.667. The lowest BCUT2D eigenvalue weighted by molar-refractivity contribution is 0.0365. The molecule has 0 aliphatic carbocycles. The molecule has 1 atom stereocenters. The molecule has 0 aromatic rings. The Hall–Kier alpha value is -0.590. The van der Waals surface area contributed by atoms with Gasteiger partial charge < -0.3 is 4.74 Å². The molecule has 1 rings (SSSR count). The highest BCUT2D eigenvalue weighted by Crippen LogP contribution is 2.03. The molecule has 49 valence electrons. The first-order valence-electron chi connectivity index (χ1n) is 2.87. The summed E-state index contributed by atoms with van der Waals surface area (Å²) in [5.41, 5.74) is 0. The van der Waals surface area contributed by atoms with E-state index < -0.39 is 0 Å². The zero-order chi connectivity index (χ0) is 6.69. The lowest BCUT2D eigenvalue weighted by Crippen LogP contribution is -2.35. The average Bonchev–Trinajstić information content (AvgIpc) is 1.88. The molecule has 1 fully saturated rings. The number of rotatable bonds is 0. The normalized spacial score (nSPS) is 29.6. The Morgan fingerprint density at radius 2 is 2.67 bits per heavy atom. The summed E-state index contributed by atoms with van der Waals surface area (Å²) in [7, 11) is 1.94. The van der Waals surface area contributed by atoms with E-state index in [1.54, 1.807) is 0 Å². The Bertz CT molecular complexity index is 130. The summed E-state index contributed by atoms with van der Waals surface area (Å²) in [6.45, 7) is 3.18. The minimum atomic E-state index is -0.236. The molecule has 1 saturated heterocycles. The molecule has 1 heterocycles. The molecular weight excluding hydrogens is 116 g/mol. The molecule has 1 radical (unpaired) electrons. The van der Waals surface area contributed by atoms with Crippen LogP contribution in [0, 0.1) is 17.9 Å². The monoisotopic (exact) mass is 125 g/mol. The Kier molecular flexibility index (Phi) is 2.04. The molecule has 1 unspecified atom stereocenters. The minimum Gasteiger partial charge on any atom is -0.360 e. The second-order valence-corrected chi connectivity index (χ2v) is 2.07. The van der Waals surface area contributed by atoms with E-state index in [0.29, 0.717) is 13.2 Å². The molecule has 1 aliphatic heterocycles. The van der Waals surface area contributed by atoms with Gasteiger partial charge in [-0.05, 0) is 7.05 Å². The van der Waals surface area contributed by atoms with E-state index in [0.717, 1.165) is 0 Å². The Labute approximate surface area is 54.8 Å². The van der Waals surface area contributed by atoms with Crippen molar-refractivity contribution in [2.45, 2.75) is 6.10 Å². The molecule has 0 spiro atoms. The highest BCUT2D eigenvalue weighted by atomic mass is 16.5. The van der Waals surface area contributed by atoms with Crippen molar-refractivity contribution in [3.8, 4) is 6.07 Å². The zero-order valence-corrected chi connectivity index (χ0v) is 5.37. The molecule has 0 amide bonds. The topological polar surface area (TPSA) is 36.3 Å². The van der Waals surface area contributed by atoms with Gasteiger partial charge in [0.15, 0.2) is 6.10 Å². The van der Waals surface area contributed by atoms with Crippen LogP contribution in [0.25, 0.3) is 0 Å². The number of hydrogen-bond acceptors (Lipinski definition) is 3. The van der Waals surface area contributed by atoms with Crippen molar-refractivity contribution in [3.05, 3.63) is 6.54 Å². The summed E-state index contributed by atoms with van der Waals surface area (Å²) in [5.74, 6) is 0. The Balaban J connectivity index is 2.34. The molecule has 0 aromatic heterocycles. The van der Waals surface area contributed by atoms with Crippen molar-refractivity contribution in [3.63, 3.8) is 0 Å². The van der Waals surface area contributed by atoms with Crippen LogP contribution in [0.4, 0.5) is 0 Å². The molecule has 0 saturated carbocycles. The SMILES string of the molecule is CN1[CH]COC(C#N)C1. The number of hydrogen-bond donors (Lipinski definition) is 0. The van der Waals surface area contributed by atoms with Crippen LogP contribution in [0.15, 0.2) is 0 Å². The molecule has 3 nitrogen and oxygen atoms in total. The van der Waals surface area contributed by atoms with Gasteiger partial charge in [0.2, 0.25) is 0 Å². The summed E-state index contributed by atoms with van der Waals surface area (Å²) in [5, 5.41) is 8.39. The zero-order valence-electron chi connectivity index (χ0n) is 5.37. The maximum atomic E-state index is 8.39.